The first kappa shape index (κ1) is 20.0. The SMILES string of the molecule is COc1ccc(CNC(=O)/C=C/c2cn(CCC#N)c3ccccc23)cc1OC. The van der Waals surface area contributed by atoms with E-state index >= 15 is 0 Å². The zero-order chi connectivity index (χ0) is 20.6. The number of hydrogen-bond donors (Lipinski definition) is 1. The molecule has 0 aliphatic heterocycles. The molecule has 0 radical (unpaired) electrons. The van der Waals surface area contributed by atoms with E-state index in [-0.39, 0.29) is 5.91 Å². The zero-order valence-corrected chi connectivity index (χ0v) is 16.5. The van der Waals surface area contributed by atoms with Crippen molar-refractivity contribution in [3.05, 3.63) is 65.9 Å². The van der Waals surface area contributed by atoms with Crippen molar-refractivity contribution >= 4 is 22.9 Å². The van der Waals surface area contributed by atoms with Gasteiger partial charge in [-0.25, -0.2) is 0 Å². The number of nitrogens with zero attached hydrogens (tertiary/aromatic N) is 2. The van der Waals surface area contributed by atoms with Crippen LogP contribution in [0.2, 0.25) is 0 Å². The standard InChI is InChI=1S/C23H23N3O3/c1-28-21-10-8-17(14-22(21)29-2)15-25-23(27)11-9-18-16-26(13-5-12-24)20-7-4-3-6-19(18)20/h3-4,6-11,14,16H,5,13,15H2,1-2H3,(H,25,27)/b11-9+. The Bertz CT molecular complexity index is 1080. The number of nitrogens with one attached hydrogen (secondary N) is 1. The van der Waals surface area contributed by atoms with Crippen LogP contribution >= 0.6 is 0 Å². The van der Waals surface area contributed by atoms with Crippen LogP contribution in [0.5, 0.6) is 11.5 Å². The van der Waals surface area contributed by atoms with E-state index in [0.717, 1.165) is 22.0 Å². The van der Waals surface area contributed by atoms with Gasteiger partial charge in [-0.2, -0.15) is 5.26 Å². The number of ether oxygens (including phenoxy) is 2. The van der Waals surface area contributed by atoms with Crippen molar-refractivity contribution in [1.82, 2.24) is 9.88 Å². The molecule has 0 aliphatic rings. The Balaban J connectivity index is 1.69. The molecule has 0 aliphatic carbocycles. The number of hydrogen-bond acceptors (Lipinski definition) is 4. The molecule has 0 spiro atoms. The number of aryl methyl sites for hydroxylation is 1. The van der Waals surface area contributed by atoms with Gasteiger partial charge in [-0.15, -0.1) is 0 Å². The third-order valence-corrected chi connectivity index (χ3v) is 4.61. The van der Waals surface area contributed by atoms with Gasteiger partial charge < -0.3 is 19.4 Å². The van der Waals surface area contributed by atoms with Gasteiger partial charge in [0.05, 0.1) is 26.7 Å². The molecule has 0 saturated heterocycles. The van der Waals surface area contributed by atoms with Crippen molar-refractivity contribution in [3.8, 4) is 17.6 Å². The predicted octanol–water partition coefficient (Wildman–Crippen LogP) is 3.90. The van der Waals surface area contributed by atoms with Crippen LogP contribution in [0.1, 0.15) is 17.5 Å². The number of nitriles is 1. The summed E-state index contributed by atoms with van der Waals surface area (Å²) in [5.74, 6) is 1.09. The van der Waals surface area contributed by atoms with Gasteiger partial charge in [0.1, 0.15) is 0 Å². The summed E-state index contributed by atoms with van der Waals surface area (Å²) in [6.45, 7) is 1.00. The van der Waals surface area contributed by atoms with Crippen LogP contribution in [0, 0.1) is 11.3 Å². The molecule has 29 heavy (non-hydrogen) atoms. The van der Waals surface area contributed by atoms with E-state index in [0.29, 0.717) is 31.0 Å². The number of para-hydroxylation sites is 1. The molecule has 0 unspecified atom stereocenters. The van der Waals surface area contributed by atoms with Gasteiger partial charge in [-0.05, 0) is 29.8 Å². The summed E-state index contributed by atoms with van der Waals surface area (Å²) in [4.78, 5) is 12.3. The summed E-state index contributed by atoms with van der Waals surface area (Å²) < 4.78 is 12.6. The average Bonchev–Trinajstić information content (AvgIpc) is 3.12. The molecule has 1 N–H and O–H groups in total. The average molecular weight is 389 g/mol. The molecule has 1 amide bonds. The maximum Gasteiger partial charge on any atom is 0.244 e. The van der Waals surface area contributed by atoms with Crippen molar-refractivity contribution in [3.63, 3.8) is 0 Å². The monoisotopic (exact) mass is 389 g/mol. The van der Waals surface area contributed by atoms with E-state index in [2.05, 4.69) is 11.4 Å². The molecule has 3 aromatic rings. The van der Waals surface area contributed by atoms with E-state index in [4.69, 9.17) is 14.7 Å². The molecule has 1 heterocycles. The summed E-state index contributed by atoms with van der Waals surface area (Å²) in [6.07, 6.45) is 5.74. The molecule has 3 rings (SSSR count). The van der Waals surface area contributed by atoms with Crippen molar-refractivity contribution in [2.75, 3.05) is 14.2 Å². The second-order valence-electron chi connectivity index (χ2n) is 6.44. The molecule has 6 heteroatoms. The Morgan fingerprint density at radius 1 is 1.17 bits per heavy atom. The lowest BCUT2D eigenvalue weighted by molar-refractivity contribution is -0.116. The predicted molar refractivity (Wildman–Crippen MR) is 113 cm³/mol. The Morgan fingerprint density at radius 2 is 1.97 bits per heavy atom. The van der Waals surface area contributed by atoms with E-state index in [1.807, 2.05) is 53.2 Å². The summed E-state index contributed by atoms with van der Waals surface area (Å²) >= 11 is 0. The Kier molecular flexibility index (Phi) is 6.54. The van der Waals surface area contributed by atoms with Gasteiger partial charge in [-0.1, -0.05) is 24.3 Å². The third kappa shape index (κ3) is 4.77. The van der Waals surface area contributed by atoms with E-state index < -0.39 is 0 Å². The van der Waals surface area contributed by atoms with Gasteiger partial charge in [0.2, 0.25) is 5.91 Å². The Morgan fingerprint density at radius 3 is 2.72 bits per heavy atom. The van der Waals surface area contributed by atoms with Crippen LogP contribution in [0.4, 0.5) is 0 Å². The zero-order valence-electron chi connectivity index (χ0n) is 16.5. The molecule has 0 fully saturated rings. The van der Waals surface area contributed by atoms with E-state index in [1.54, 1.807) is 20.3 Å². The quantitative estimate of drug-likeness (QED) is 0.593. The molecule has 1 aromatic heterocycles. The van der Waals surface area contributed by atoms with Gasteiger partial charge in [0.25, 0.3) is 0 Å². The maximum atomic E-state index is 12.3. The third-order valence-electron chi connectivity index (χ3n) is 4.61. The number of benzene rings is 2. The number of carbonyl (C=O) groups excluding carboxylic acids is 1. The van der Waals surface area contributed by atoms with Crippen molar-refractivity contribution < 1.29 is 14.3 Å². The molecular weight excluding hydrogens is 366 g/mol. The fourth-order valence-corrected chi connectivity index (χ4v) is 3.17. The van der Waals surface area contributed by atoms with Crippen LogP contribution in [-0.2, 0) is 17.9 Å². The Labute approximate surface area is 170 Å². The highest BCUT2D eigenvalue weighted by molar-refractivity contribution is 5.96. The van der Waals surface area contributed by atoms with E-state index in [1.165, 1.54) is 6.08 Å². The summed E-state index contributed by atoms with van der Waals surface area (Å²) in [6, 6.07) is 15.7. The molecule has 148 valence electrons. The van der Waals surface area contributed by atoms with Crippen LogP contribution in [-0.4, -0.2) is 24.7 Å². The highest BCUT2D eigenvalue weighted by Gasteiger charge is 2.07. The van der Waals surface area contributed by atoms with Gasteiger partial charge in [-0.3, -0.25) is 4.79 Å². The summed E-state index contributed by atoms with van der Waals surface area (Å²) in [5, 5.41) is 12.8. The lowest BCUT2D eigenvalue weighted by Gasteiger charge is -2.09. The van der Waals surface area contributed by atoms with E-state index in [9.17, 15) is 4.79 Å². The molecule has 6 nitrogen and oxygen atoms in total. The van der Waals surface area contributed by atoms with Gasteiger partial charge >= 0.3 is 0 Å². The maximum absolute atomic E-state index is 12.3. The number of carbonyl (C=O) groups is 1. The minimum absolute atomic E-state index is 0.186. The highest BCUT2D eigenvalue weighted by atomic mass is 16.5. The van der Waals surface area contributed by atoms with Crippen LogP contribution in [0.3, 0.4) is 0 Å². The largest absolute Gasteiger partial charge is 0.493 e. The highest BCUT2D eigenvalue weighted by Crippen LogP contribution is 2.27. The van der Waals surface area contributed by atoms with Crippen LogP contribution in [0.25, 0.3) is 17.0 Å². The summed E-state index contributed by atoms with van der Waals surface area (Å²) in [5.41, 5.74) is 2.91. The van der Waals surface area contributed by atoms with Gasteiger partial charge in [0, 0.05) is 41.8 Å². The number of methoxy groups -OCH3 is 2. The Hall–Kier alpha value is -3.72. The van der Waals surface area contributed by atoms with Gasteiger partial charge in [0.15, 0.2) is 11.5 Å². The second-order valence-corrected chi connectivity index (χ2v) is 6.44. The summed E-state index contributed by atoms with van der Waals surface area (Å²) in [7, 11) is 3.16. The fourth-order valence-electron chi connectivity index (χ4n) is 3.17. The molecular formula is C23H23N3O3. The number of aromatic nitrogens is 1. The van der Waals surface area contributed by atoms with Crippen molar-refractivity contribution in [1.29, 1.82) is 5.26 Å². The lowest BCUT2D eigenvalue weighted by atomic mass is 10.1. The lowest BCUT2D eigenvalue weighted by Crippen LogP contribution is -2.20. The first-order chi connectivity index (χ1) is 14.2. The normalized spacial score (nSPS) is 10.8. The van der Waals surface area contributed by atoms with Crippen LogP contribution < -0.4 is 14.8 Å². The van der Waals surface area contributed by atoms with Crippen molar-refractivity contribution in [2.45, 2.75) is 19.5 Å². The second kappa shape index (κ2) is 9.47. The number of fused-ring (bicyclic) bond motifs is 1. The number of amides is 1. The molecule has 0 bridgehead atoms. The minimum Gasteiger partial charge on any atom is -0.493 e. The number of rotatable bonds is 8. The molecule has 0 saturated carbocycles. The minimum atomic E-state index is -0.186. The van der Waals surface area contributed by atoms with Crippen LogP contribution in [0.15, 0.2) is 54.7 Å². The fraction of sp³-hybridized carbons (Fsp3) is 0.217. The molecule has 0 atom stereocenters. The molecule has 2 aromatic carbocycles. The van der Waals surface area contributed by atoms with Crippen molar-refractivity contribution in [2.24, 2.45) is 0 Å². The smallest absolute Gasteiger partial charge is 0.244 e. The first-order valence-electron chi connectivity index (χ1n) is 9.28. The topological polar surface area (TPSA) is 76.3 Å². The first-order valence-corrected chi connectivity index (χ1v) is 9.28.